The van der Waals surface area contributed by atoms with Gasteiger partial charge in [-0.25, -0.2) is 4.68 Å². The van der Waals surface area contributed by atoms with Gasteiger partial charge in [-0.05, 0) is 49.6 Å². The lowest BCUT2D eigenvalue weighted by Crippen LogP contribution is -2.62. The second-order valence-corrected chi connectivity index (χ2v) is 11.5. The first kappa shape index (κ1) is 30.7. The number of methoxy groups -OCH3 is 1. The number of hydrogen-bond acceptors (Lipinski definition) is 9. The number of aromatic nitrogens is 3. The summed E-state index contributed by atoms with van der Waals surface area (Å²) < 4.78 is 13.1. The molecule has 1 saturated carbocycles. The molecule has 1 amide bonds. The number of ether oxygens (including phenoxy) is 2. The molecule has 2 fully saturated rings. The number of hydrogen-bond donors (Lipinski definition) is 3. The number of anilines is 1. The average molecular weight is 637 g/mol. The van der Waals surface area contributed by atoms with Crippen LogP contribution in [0, 0.1) is 11.3 Å². The van der Waals surface area contributed by atoms with E-state index in [1.807, 2.05) is 6.07 Å². The maximum absolute atomic E-state index is 14.4. The van der Waals surface area contributed by atoms with Crippen molar-refractivity contribution in [2.24, 2.45) is 0 Å². The van der Waals surface area contributed by atoms with Gasteiger partial charge in [-0.15, -0.1) is 5.10 Å². The van der Waals surface area contributed by atoms with E-state index in [4.69, 9.17) is 44.3 Å². The Kier molecular flexibility index (Phi) is 9.37. The Labute approximate surface area is 256 Å². The highest BCUT2D eigenvalue weighted by Gasteiger charge is 2.52. The number of nitriles is 1. The largest absolute Gasteiger partial charge is 0.394 e. The molecule has 1 aliphatic carbocycles. The number of halogens is 3. The smallest absolute Gasteiger partial charge is 0.259 e. The van der Waals surface area contributed by atoms with Crippen LogP contribution in [0.3, 0.4) is 0 Å². The molecule has 2 aliphatic rings. The summed E-state index contributed by atoms with van der Waals surface area (Å²) in [6.07, 6.45) is -2.58. The van der Waals surface area contributed by atoms with Crippen molar-refractivity contribution < 1.29 is 29.6 Å². The molecule has 3 N–H and O–H groups in total. The van der Waals surface area contributed by atoms with E-state index in [1.54, 1.807) is 24.4 Å². The molecule has 5 unspecified atom stereocenters. The van der Waals surface area contributed by atoms with Crippen LogP contribution in [-0.4, -0.2) is 86.5 Å². The van der Waals surface area contributed by atoms with Crippen LogP contribution in [0.15, 0.2) is 42.6 Å². The van der Waals surface area contributed by atoms with Crippen LogP contribution in [0.1, 0.15) is 30.9 Å². The van der Waals surface area contributed by atoms with Crippen LogP contribution in [0.4, 0.5) is 5.69 Å². The molecular formula is C28H28Cl3N5O6. The minimum absolute atomic E-state index is 0.231. The third-order valence-electron chi connectivity index (χ3n) is 7.72. The highest BCUT2D eigenvalue weighted by molar-refractivity contribution is 6.42. The van der Waals surface area contributed by atoms with Crippen molar-refractivity contribution in [1.82, 2.24) is 15.0 Å². The fourth-order valence-corrected chi connectivity index (χ4v) is 6.22. The van der Waals surface area contributed by atoms with E-state index in [0.717, 1.165) is 0 Å². The molecule has 2 heterocycles. The van der Waals surface area contributed by atoms with Crippen molar-refractivity contribution in [2.75, 3.05) is 18.6 Å². The number of aliphatic hydroxyl groups is 3. The molecule has 2 aromatic carbocycles. The van der Waals surface area contributed by atoms with E-state index >= 15 is 0 Å². The summed E-state index contributed by atoms with van der Waals surface area (Å²) in [5.74, 6) is -0.598. The standard InChI is InChI=1S/C28H28Cl3N5O6/c1-41-26-24(35-12-20(33-34-35)15-5-6-18(30)19(31)9-15)25(39)23(13-37)42-27(26)28(40)36(21-3-2-4-22(21)38)17-8-14(11-32)7-16(29)10-17/h5-10,12,21-27,37-39H,2-4,13H2,1H3/t21-,22-,23?,24?,25?,26?,27?/m0/s1. The van der Waals surface area contributed by atoms with Gasteiger partial charge in [-0.1, -0.05) is 46.1 Å². The molecule has 3 aromatic rings. The first-order chi connectivity index (χ1) is 20.2. The van der Waals surface area contributed by atoms with Crippen LogP contribution < -0.4 is 4.90 Å². The first-order valence-electron chi connectivity index (χ1n) is 13.2. The molecule has 0 spiro atoms. The Morgan fingerprint density at radius 1 is 1.19 bits per heavy atom. The Bertz CT molecular complexity index is 1500. The molecule has 222 valence electrons. The SMILES string of the molecule is COC1C(C(=O)N(c2cc(Cl)cc(C#N)c2)[C@H]2CCC[C@@H]2O)OC(CO)C(O)C1n1cc(-c2ccc(Cl)c(Cl)c2)nn1. The molecule has 0 bridgehead atoms. The van der Waals surface area contributed by atoms with Gasteiger partial charge in [-0.3, -0.25) is 4.79 Å². The van der Waals surface area contributed by atoms with E-state index in [9.17, 15) is 25.4 Å². The van der Waals surface area contributed by atoms with Gasteiger partial charge in [0.15, 0.2) is 6.10 Å². The molecule has 11 nitrogen and oxygen atoms in total. The minimum Gasteiger partial charge on any atom is -0.394 e. The highest BCUT2D eigenvalue weighted by Crippen LogP contribution is 2.37. The molecular weight excluding hydrogens is 609 g/mol. The normalized spacial score (nSPS) is 27.5. The van der Waals surface area contributed by atoms with Crippen molar-refractivity contribution in [3.63, 3.8) is 0 Å². The molecule has 1 aliphatic heterocycles. The van der Waals surface area contributed by atoms with E-state index in [-0.39, 0.29) is 10.6 Å². The lowest BCUT2D eigenvalue weighted by molar-refractivity contribution is -0.211. The van der Waals surface area contributed by atoms with Gasteiger partial charge in [0.05, 0.1) is 46.6 Å². The Balaban J connectivity index is 1.55. The molecule has 1 aromatic heterocycles. The molecule has 7 atom stereocenters. The summed E-state index contributed by atoms with van der Waals surface area (Å²) in [4.78, 5) is 15.8. The van der Waals surface area contributed by atoms with Gasteiger partial charge in [-0.2, -0.15) is 5.26 Å². The second-order valence-electron chi connectivity index (χ2n) is 10.3. The van der Waals surface area contributed by atoms with Gasteiger partial charge in [0, 0.05) is 23.4 Å². The maximum Gasteiger partial charge on any atom is 0.259 e. The van der Waals surface area contributed by atoms with Crippen molar-refractivity contribution >= 4 is 46.4 Å². The predicted molar refractivity (Wildman–Crippen MR) is 154 cm³/mol. The predicted octanol–water partition coefficient (Wildman–Crippen LogP) is 3.40. The van der Waals surface area contributed by atoms with Gasteiger partial charge >= 0.3 is 0 Å². The number of amides is 1. The summed E-state index contributed by atoms with van der Waals surface area (Å²) in [5, 5.41) is 51.1. The first-order valence-corrected chi connectivity index (χ1v) is 14.4. The number of aliphatic hydroxyl groups excluding tert-OH is 3. The van der Waals surface area contributed by atoms with Crippen LogP contribution in [0.25, 0.3) is 11.3 Å². The van der Waals surface area contributed by atoms with Crippen molar-refractivity contribution in [2.45, 2.75) is 61.9 Å². The lowest BCUT2D eigenvalue weighted by atomic mass is 9.91. The van der Waals surface area contributed by atoms with Gasteiger partial charge < -0.3 is 29.7 Å². The zero-order valence-corrected chi connectivity index (χ0v) is 24.6. The fraction of sp³-hybridized carbons (Fsp3) is 0.429. The van der Waals surface area contributed by atoms with Crippen LogP contribution in [-0.2, 0) is 14.3 Å². The number of carbonyl (C=O) groups is 1. The number of rotatable bonds is 7. The van der Waals surface area contributed by atoms with Crippen molar-refractivity contribution in [1.29, 1.82) is 5.26 Å². The average Bonchev–Trinajstić information content (AvgIpc) is 3.63. The minimum atomic E-state index is -1.35. The monoisotopic (exact) mass is 635 g/mol. The maximum atomic E-state index is 14.4. The zero-order valence-electron chi connectivity index (χ0n) is 22.3. The van der Waals surface area contributed by atoms with Crippen LogP contribution in [0.5, 0.6) is 0 Å². The van der Waals surface area contributed by atoms with Crippen molar-refractivity contribution in [3.05, 3.63) is 63.2 Å². The third-order valence-corrected chi connectivity index (χ3v) is 8.67. The van der Waals surface area contributed by atoms with Crippen molar-refractivity contribution in [3.8, 4) is 17.3 Å². The Morgan fingerprint density at radius 3 is 2.62 bits per heavy atom. The summed E-state index contributed by atoms with van der Waals surface area (Å²) >= 11 is 18.5. The molecule has 14 heteroatoms. The fourth-order valence-electron chi connectivity index (χ4n) is 5.69. The molecule has 1 saturated heterocycles. The Morgan fingerprint density at radius 2 is 1.98 bits per heavy atom. The molecule has 5 rings (SSSR count). The summed E-state index contributed by atoms with van der Waals surface area (Å²) in [5.41, 5.74) is 1.58. The van der Waals surface area contributed by atoms with Crippen LogP contribution in [0.2, 0.25) is 15.1 Å². The van der Waals surface area contributed by atoms with Gasteiger partial charge in [0.25, 0.3) is 5.91 Å². The quantitative estimate of drug-likeness (QED) is 0.354. The number of nitrogens with zero attached hydrogens (tertiary/aromatic N) is 5. The van der Waals surface area contributed by atoms with Gasteiger partial charge in [0.1, 0.15) is 30.0 Å². The van der Waals surface area contributed by atoms with E-state index < -0.39 is 55.1 Å². The number of benzene rings is 2. The second kappa shape index (κ2) is 12.8. The Hall–Kier alpha value is -2.79. The van der Waals surface area contributed by atoms with E-state index in [1.165, 1.54) is 34.9 Å². The van der Waals surface area contributed by atoms with E-state index in [2.05, 4.69) is 10.3 Å². The van der Waals surface area contributed by atoms with E-state index in [0.29, 0.717) is 46.3 Å². The summed E-state index contributed by atoms with van der Waals surface area (Å²) in [6.45, 7) is -0.603. The lowest BCUT2D eigenvalue weighted by Gasteiger charge is -2.45. The highest BCUT2D eigenvalue weighted by atomic mass is 35.5. The number of carbonyl (C=O) groups excluding carboxylic acids is 1. The molecule has 42 heavy (non-hydrogen) atoms. The van der Waals surface area contributed by atoms with Gasteiger partial charge in [0.2, 0.25) is 0 Å². The summed E-state index contributed by atoms with van der Waals surface area (Å²) in [7, 11) is 1.37. The zero-order chi connectivity index (χ0) is 30.1. The molecule has 0 radical (unpaired) electrons. The topological polar surface area (TPSA) is 154 Å². The van der Waals surface area contributed by atoms with Crippen LogP contribution >= 0.6 is 34.8 Å². The summed E-state index contributed by atoms with van der Waals surface area (Å²) in [6, 6.07) is 9.87. The third kappa shape index (κ3) is 5.86.